The van der Waals surface area contributed by atoms with Crippen molar-refractivity contribution in [2.24, 2.45) is 0 Å². The first-order valence-corrected chi connectivity index (χ1v) is 6.84. The number of para-hydroxylation sites is 1. The second kappa shape index (κ2) is 5.97. The lowest BCUT2D eigenvalue weighted by atomic mass is 9.95. The van der Waals surface area contributed by atoms with Crippen LogP contribution in [-0.2, 0) is 5.60 Å². The van der Waals surface area contributed by atoms with Gasteiger partial charge in [0, 0.05) is 0 Å². The SMILES string of the molecule is CCCCCC(C)(O)c1cnnn1-c1ccccc1. The van der Waals surface area contributed by atoms with Crippen LogP contribution in [0.15, 0.2) is 36.5 Å². The highest BCUT2D eigenvalue weighted by Crippen LogP contribution is 2.27. The Bertz CT molecular complexity index is 505. The number of rotatable bonds is 6. The molecule has 2 aromatic rings. The second-order valence-corrected chi connectivity index (χ2v) is 5.10. The molecule has 0 saturated heterocycles. The predicted octanol–water partition coefficient (Wildman–Crippen LogP) is 3.06. The number of hydrogen-bond acceptors (Lipinski definition) is 3. The smallest absolute Gasteiger partial charge is 0.105 e. The zero-order chi connectivity index (χ0) is 13.7. The Morgan fingerprint density at radius 2 is 1.95 bits per heavy atom. The van der Waals surface area contributed by atoms with Gasteiger partial charge in [0.05, 0.1) is 17.6 Å². The molecular weight excluding hydrogens is 238 g/mol. The topological polar surface area (TPSA) is 50.9 Å². The molecule has 4 nitrogen and oxygen atoms in total. The van der Waals surface area contributed by atoms with Gasteiger partial charge in [-0.2, -0.15) is 0 Å². The summed E-state index contributed by atoms with van der Waals surface area (Å²) < 4.78 is 1.71. The third-order valence-corrected chi connectivity index (χ3v) is 3.37. The molecule has 102 valence electrons. The number of nitrogens with zero attached hydrogens (tertiary/aromatic N) is 3. The Balaban J connectivity index is 2.24. The van der Waals surface area contributed by atoms with Crippen molar-refractivity contribution in [3.63, 3.8) is 0 Å². The maximum absolute atomic E-state index is 10.6. The van der Waals surface area contributed by atoms with Crippen molar-refractivity contribution >= 4 is 0 Å². The molecule has 2 rings (SSSR count). The van der Waals surface area contributed by atoms with Crippen LogP contribution in [0.2, 0.25) is 0 Å². The molecule has 19 heavy (non-hydrogen) atoms. The van der Waals surface area contributed by atoms with E-state index in [1.165, 1.54) is 0 Å². The Morgan fingerprint density at radius 1 is 1.21 bits per heavy atom. The van der Waals surface area contributed by atoms with E-state index in [-0.39, 0.29) is 0 Å². The van der Waals surface area contributed by atoms with Gasteiger partial charge in [-0.1, -0.05) is 49.6 Å². The summed E-state index contributed by atoms with van der Waals surface area (Å²) in [5, 5.41) is 18.7. The monoisotopic (exact) mass is 259 g/mol. The van der Waals surface area contributed by atoms with Gasteiger partial charge in [-0.25, -0.2) is 4.68 Å². The number of aromatic nitrogens is 3. The van der Waals surface area contributed by atoms with Gasteiger partial charge in [0.25, 0.3) is 0 Å². The summed E-state index contributed by atoms with van der Waals surface area (Å²) in [4.78, 5) is 0. The van der Waals surface area contributed by atoms with Gasteiger partial charge in [-0.05, 0) is 25.5 Å². The lowest BCUT2D eigenvalue weighted by molar-refractivity contribution is 0.0381. The fourth-order valence-corrected chi connectivity index (χ4v) is 2.21. The van der Waals surface area contributed by atoms with Gasteiger partial charge in [-0.3, -0.25) is 0 Å². The van der Waals surface area contributed by atoms with Gasteiger partial charge in [-0.15, -0.1) is 5.10 Å². The van der Waals surface area contributed by atoms with E-state index in [0.717, 1.165) is 37.1 Å². The fourth-order valence-electron chi connectivity index (χ4n) is 2.21. The molecular formula is C15H21N3O. The van der Waals surface area contributed by atoms with Crippen molar-refractivity contribution in [3.8, 4) is 5.69 Å². The van der Waals surface area contributed by atoms with Crippen molar-refractivity contribution in [1.82, 2.24) is 15.0 Å². The summed E-state index contributed by atoms with van der Waals surface area (Å²) >= 11 is 0. The van der Waals surface area contributed by atoms with Gasteiger partial charge >= 0.3 is 0 Å². The first kappa shape index (κ1) is 13.7. The zero-order valence-electron chi connectivity index (χ0n) is 11.6. The van der Waals surface area contributed by atoms with Crippen molar-refractivity contribution in [2.75, 3.05) is 0 Å². The van der Waals surface area contributed by atoms with Crippen LogP contribution in [-0.4, -0.2) is 20.1 Å². The quantitative estimate of drug-likeness (QED) is 0.811. The second-order valence-electron chi connectivity index (χ2n) is 5.10. The van der Waals surface area contributed by atoms with E-state index in [0.29, 0.717) is 0 Å². The lowest BCUT2D eigenvalue weighted by Gasteiger charge is -2.23. The minimum Gasteiger partial charge on any atom is -0.384 e. The van der Waals surface area contributed by atoms with Crippen LogP contribution in [0.5, 0.6) is 0 Å². The van der Waals surface area contributed by atoms with Crippen LogP contribution >= 0.6 is 0 Å². The largest absolute Gasteiger partial charge is 0.384 e. The van der Waals surface area contributed by atoms with E-state index >= 15 is 0 Å². The fraction of sp³-hybridized carbons (Fsp3) is 0.467. The van der Waals surface area contributed by atoms with Gasteiger partial charge in [0.2, 0.25) is 0 Å². The van der Waals surface area contributed by atoms with Gasteiger partial charge in [0.1, 0.15) is 5.60 Å². The average Bonchev–Trinajstić information content (AvgIpc) is 2.90. The summed E-state index contributed by atoms with van der Waals surface area (Å²) in [7, 11) is 0. The van der Waals surface area contributed by atoms with E-state index in [4.69, 9.17) is 0 Å². The highest BCUT2D eigenvalue weighted by Gasteiger charge is 2.27. The number of aliphatic hydroxyl groups is 1. The van der Waals surface area contributed by atoms with Crippen LogP contribution in [0.25, 0.3) is 5.69 Å². The molecule has 1 N–H and O–H groups in total. The normalized spacial score (nSPS) is 14.3. The first-order valence-electron chi connectivity index (χ1n) is 6.84. The maximum Gasteiger partial charge on any atom is 0.105 e. The highest BCUT2D eigenvalue weighted by molar-refractivity contribution is 5.32. The summed E-state index contributed by atoms with van der Waals surface area (Å²) in [5.41, 5.74) is 0.773. The minimum atomic E-state index is -0.894. The molecule has 0 fully saturated rings. The van der Waals surface area contributed by atoms with Crippen molar-refractivity contribution in [2.45, 2.75) is 45.1 Å². The van der Waals surface area contributed by atoms with Gasteiger partial charge < -0.3 is 5.11 Å². The molecule has 1 heterocycles. The molecule has 1 aromatic heterocycles. The van der Waals surface area contributed by atoms with Crippen LogP contribution in [0.3, 0.4) is 0 Å². The molecule has 0 saturated carbocycles. The van der Waals surface area contributed by atoms with E-state index in [9.17, 15) is 5.11 Å². The zero-order valence-corrected chi connectivity index (χ0v) is 11.6. The van der Waals surface area contributed by atoms with Crippen LogP contribution < -0.4 is 0 Å². The molecule has 0 aliphatic heterocycles. The Kier molecular flexibility index (Phi) is 4.32. The standard InChI is InChI=1S/C15H21N3O/c1-3-4-8-11-15(2,19)14-12-16-17-18(14)13-9-6-5-7-10-13/h5-7,9-10,12,19H,3-4,8,11H2,1-2H3. The van der Waals surface area contributed by atoms with Crippen LogP contribution in [0, 0.1) is 0 Å². The average molecular weight is 259 g/mol. The lowest BCUT2D eigenvalue weighted by Crippen LogP contribution is -2.25. The molecule has 0 bridgehead atoms. The third-order valence-electron chi connectivity index (χ3n) is 3.37. The molecule has 0 aliphatic rings. The number of unbranched alkanes of at least 4 members (excludes halogenated alkanes) is 2. The summed E-state index contributed by atoms with van der Waals surface area (Å²) in [5.74, 6) is 0. The van der Waals surface area contributed by atoms with E-state index in [1.807, 2.05) is 37.3 Å². The van der Waals surface area contributed by atoms with E-state index in [2.05, 4.69) is 17.2 Å². The van der Waals surface area contributed by atoms with Crippen molar-refractivity contribution in [3.05, 3.63) is 42.2 Å². The Morgan fingerprint density at radius 3 is 2.63 bits per heavy atom. The summed E-state index contributed by atoms with van der Waals surface area (Å²) in [6, 6.07) is 9.78. The predicted molar refractivity (Wildman–Crippen MR) is 75.1 cm³/mol. The van der Waals surface area contributed by atoms with E-state index in [1.54, 1.807) is 10.9 Å². The maximum atomic E-state index is 10.6. The Labute approximate surface area is 114 Å². The molecule has 0 aliphatic carbocycles. The van der Waals surface area contributed by atoms with Crippen LogP contribution in [0.4, 0.5) is 0 Å². The molecule has 4 heteroatoms. The minimum absolute atomic E-state index is 0.723. The Hall–Kier alpha value is -1.68. The van der Waals surface area contributed by atoms with Gasteiger partial charge in [0.15, 0.2) is 0 Å². The first-order chi connectivity index (χ1) is 9.15. The highest BCUT2D eigenvalue weighted by atomic mass is 16.3. The molecule has 0 amide bonds. The van der Waals surface area contributed by atoms with Crippen molar-refractivity contribution < 1.29 is 5.11 Å². The molecule has 1 aromatic carbocycles. The van der Waals surface area contributed by atoms with Crippen LogP contribution in [0.1, 0.15) is 45.2 Å². The summed E-state index contributed by atoms with van der Waals surface area (Å²) in [6.07, 6.45) is 5.65. The number of hydrogen-bond donors (Lipinski definition) is 1. The van der Waals surface area contributed by atoms with Crippen molar-refractivity contribution in [1.29, 1.82) is 0 Å². The molecule has 1 unspecified atom stereocenters. The molecule has 0 radical (unpaired) electrons. The van der Waals surface area contributed by atoms with E-state index < -0.39 is 5.60 Å². The third kappa shape index (κ3) is 3.20. The number of benzene rings is 1. The molecule has 1 atom stereocenters. The summed E-state index contributed by atoms with van der Waals surface area (Å²) in [6.45, 7) is 3.99. The molecule has 0 spiro atoms.